The van der Waals surface area contributed by atoms with Crippen LogP contribution in [-0.2, 0) is 5.75 Å². The van der Waals surface area contributed by atoms with Gasteiger partial charge in [-0.3, -0.25) is 4.57 Å². The molecule has 35 heavy (non-hydrogen) atoms. The molecule has 3 aromatic carbocycles. The van der Waals surface area contributed by atoms with Crippen molar-refractivity contribution < 1.29 is 18.9 Å². The number of benzene rings is 3. The largest absolute Gasteiger partial charge is 0.497 e. The van der Waals surface area contributed by atoms with Crippen LogP contribution in [0.25, 0.3) is 17.1 Å². The Hall–Kier alpha value is -3.07. The third kappa shape index (κ3) is 5.15. The summed E-state index contributed by atoms with van der Waals surface area (Å²) in [7, 11) is 6.34. The predicted octanol–water partition coefficient (Wildman–Crippen LogP) is 6.57. The molecule has 4 rings (SSSR count). The molecule has 4 aromatic rings. The highest BCUT2D eigenvalue weighted by Gasteiger charge is 2.21. The number of rotatable bonds is 9. The van der Waals surface area contributed by atoms with Gasteiger partial charge in [0.25, 0.3) is 0 Å². The summed E-state index contributed by atoms with van der Waals surface area (Å²) in [5.74, 6) is 3.45. The van der Waals surface area contributed by atoms with E-state index in [-0.39, 0.29) is 0 Å². The molecule has 0 unspecified atom stereocenters. The van der Waals surface area contributed by atoms with Crippen LogP contribution >= 0.6 is 35.0 Å². The second-order valence-corrected chi connectivity index (χ2v) is 8.98. The van der Waals surface area contributed by atoms with Gasteiger partial charge in [-0.05, 0) is 48.0 Å². The lowest BCUT2D eigenvalue weighted by molar-refractivity contribution is 0.324. The van der Waals surface area contributed by atoms with Gasteiger partial charge in [0.15, 0.2) is 22.5 Å². The molecule has 0 bridgehead atoms. The molecule has 0 spiro atoms. The summed E-state index contributed by atoms with van der Waals surface area (Å²) in [6.07, 6.45) is 0. The van der Waals surface area contributed by atoms with E-state index >= 15 is 0 Å². The third-order valence-corrected chi connectivity index (χ3v) is 7.11. The minimum Gasteiger partial charge on any atom is -0.497 e. The summed E-state index contributed by atoms with van der Waals surface area (Å²) in [6, 6.07) is 16.9. The fourth-order valence-corrected chi connectivity index (χ4v) is 4.94. The van der Waals surface area contributed by atoms with E-state index in [1.54, 1.807) is 34.5 Å². The molecule has 0 saturated carbocycles. The number of methoxy groups -OCH3 is 4. The Morgan fingerprint density at radius 3 is 2.11 bits per heavy atom. The first-order chi connectivity index (χ1) is 17.0. The maximum atomic E-state index is 6.40. The van der Waals surface area contributed by atoms with Crippen LogP contribution in [0.15, 0.2) is 59.8 Å². The first-order valence-electron chi connectivity index (χ1n) is 10.5. The van der Waals surface area contributed by atoms with E-state index in [9.17, 15) is 0 Å². The Labute approximate surface area is 217 Å². The standard InChI is InChI=1S/C25H23Cl2N3O4S/c1-31-18-10-8-17(9-11-18)30-24(16-12-20(32-2)23(34-4)21(13-16)33-3)28-29-25(30)35-14-15-6-5-7-19(26)22(15)27/h5-13H,14H2,1-4H3. The average molecular weight is 532 g/mol. The minimum absolute atomic E-state index is 0.499. The Balaban J connectivity index is 1.82. The highest BCUT2D eigenvalue weighted by atomic mass is 35.5. The Bertz CT molecular complexity index is 1300. The molecule has 182 valence electrons. The van der Waals surface area contributed by atoms with E-state index in [1.165, 1.54) is 11.8 Å². The molecule has 1 aromatic heterocycles. The molecule has 10 heteroatoms. The highest BCUT2D eigenvalue weighted by Crippen LogP contribution is 2.42. The summed E-state index contributed by atoms with van der Waals surface area (Å²) in [6.45, 7) is 0. The summed E-state index contributed by atoms with van der Waals surface area (Å²) in [5, 5.41) is 10.7. The highest BCUT2D eigenvalue weighted by molar-refractivity contribution is 7.98. The smallest absolute Gasteiger partial charge is 0.203 e. The van der Waals surface area contributed by atoms with Crippen LogP contribution in [0.4, 0.5) is 0 Å². The lowest BCUT2D eigenvalue weighted by Gasteiger charge is -2.15. The predicted molar refractivity (Wildman–Crippen MR) is 139 cm³/mol. The van der Waals surface area contributed by atoms with Gasteiger partial charge in [0.1, 0.15) is 5.75 Å². The molecular formula is C25H23Cl2N3O4S. The second-order valence-electron chi connectivity index (χ2n) is 7.26. The number of halogens is 2. The average Bonchev–Trinajstić information content (AvgIpc) is 3.32. The van der Waals surface area contributed by atoms with Gasteiger partial charge in [-0.25, -0.2) is 0 Å². The van der Waals surface area contributed by atoms with Crippen molar-refractivity contribution >= 4 is 35.0 Å². The van der Waals surface area contributed by atoms with Gasteiger partial charge in [0, 0.05) is 17.0 Å². The van der Waals surface area contributed by atoms with Gasteiger partial charge in [0.2, 0.25) is 5.75 Å². The molecule has 0 aliphatic carbocycles. The normalized spacial score (nSPS) is 10.8. The van der Waals surface area contributed by atoms with E-state index < -0.39 is 0 Å². The van der Waals surface area contributed by atoms with Crippen molar-refractivity contribution in [2.45, 2.75) is 10.9 Å². The number of hydrogen-bond donors (Lipinski definition) is 0. The van der Waals surface area contributed by atoms with Crippen LogP contribution in [0, 0.1) is 0 Å². The number of hydrogen-bond acceptors (Lipinski definition) is 7. The fraction of sp³-hybridized carbons (Fsp3) is 0.200. The number of thioether (sulfide) groups is 1. The Morgan fingerprint density at radius 1 is 0.829 bits per heavy atom. The van der Waals surface area contributed by atoms with E-state index in [0.717, 1.165) is 22.6 Å². The quantitative estimate of drug-likeness (QED) is 0.226. The van der Waals surface area contributed by atoms with Gasteiger partial charge >= 0.3 is 0 Å². The molecule has 0 amide bonds. The molecule has 0 radical (unpaired) electrons. The minimum atomic E-state index is 0.499. The third-order valence-electron chi connectivity index (χ3n) is 5.28. The molecule has 0 atom stereocenters. The summed E-state index contributed by atoms with van der Waals surface area (Å²) >= 11 is 14.1. The van der Waals surface area contributed by atoms with E-state index in [0.29, 0.717) is 44.0 Å². The molecule has 0 aliphatic rings. The lowest BCUT2D eigenvalue weighted by Crippen LogP contribution is -2.01. The van der Waals surface area contributed by atoms with Gasteiger partial charge in [0.05, 0.1) is 38.5 Å². The van der Waals surface area contributed by atoms with Gasteiger partial charge in [-0.15, -0.1) is 10.2 Å². The van der Waals surface area contributed by atoms with Crippen LogP contribution < -0.4 is 18.9 Å². The van der Waals surface area contributed by atoms with E-state index in [4.69, 9.17) is 42.1 Å². The van der Waals surface area contributed by atoms with Crippen molar-refractivity contribution in [2.75, 3.05) is 28.4 Å². The van der Waals surface area contributed by atoms with Crippen molar-refractivity contribution in [2.24, 2.45) is 0 Å². The fourth-order valence-electron chi connectivity index (χ4n) is 3.53. The maximum Gasteiger partial charge on any atom is 0.203 e. The zero-order valence-electron chi connectivity index (χ0n) is 19.5. The summed E-state index contributed by atoms with van der Waals surface area (Å²) in [5.41, 5.74) is 2.51. The van der Waals surface area contributed by atoms with E-state index in [1.807, 2.05) is 53.1 Å². The second kappa shape index (κ2) is 11.1. The monoisotopic (exact) mass is 531 g/mol. The molecule has 0 N–H and O–H groups in total. The number of aromatic nitrogens is 3. The molecule has 1 heterocycles. The number of ether oxygens (including phenoxy) is 4. The SMILES string of the molecule is COc1ccc(-n2c(SCc3cccc(Cl)c3Cl)nnc2-c2cc(OC)c(OC)c(OC)c2)cc1. The molecule has 0 aliphatic heterocycles. The molecule has 0 fully saturated rings. The van der Waals surface area contributed by atoms with Crippen molar-refractivity contribution in [1.82, 2.24) is 14.8 Å². The Morgan fingerprint density at radius 2 is 1.51 bits per heavy atom. The summed E-state index contributed by atoms with van der Waals surface area (Å²) < 4.78 is 23.8. The van der Waals surface area contributed by atoms with Crippen LogP contribution in [0.5, 0.6) is 23.0 Å². The summed E-state index contributed by atoms with van der Waals surface area (Å²) in [4.78, 5) is 0. The maximum absolute atomic E-state index is 6.40. The molecular weight excluding hydrogens is 509 g/mol. The molecule has 0 saturated heterocycles. The van der Waals surface area contributed by atoms with Crippen LogP contribution in [0.3, 0.4) is 0 Å². The van der Waals surface area contributed by atoms with Crippen molar-refractivity contribution in [3.05, 3.63) is 70.2 Å². The lowest BCUT2D eigenvalue weighted by atomic mass is 10.1. The first kappa shape index (κ1) is 25.0. The van der Waals surface area contributed by atoms with Gasteiger partial charge < -0.3 is 18.9 Å². The zero-order valence-corrected chi connectivity index (χ0v) is 21.9. The van der Waals surface area contributed by atoms with Crippen molar-refractivity contribution in [1.29, 1.82) is 0 Å². The van der Waals surface area contributed by atoms with Crippen molar-refractivity contribution in [3.63, 3.8) is 0 Å². The van der Waals surface area contributed by atoms with Crippen LogP contribution in [-0.4, -0.2) is 43.2 Å². The topological polar surface area (TPSA) is 67.6 Å². The van der Waals surface area contributed by atoms with Gasteiger partial charge in [-0.1, -0.05) is 47.1 Å². The van der Waals surface area contributed by atoms with Crippen LogP contribution in [0.1, 0.15) is 5.56 Å². The van der Waals surface area contributed by atoms with E-state index in [2.05, 4.69) is 10.2 Å². The van der Waals surface area contributed by atoms with Crippen molar-refractivity contribution in [3.8, 4) is 40.1 Å². The zero-order chi connectivity index (χ0) is 24.9. The first-order valence-corrected chi connectivity index (χ1v) is 12.2. The van der Waals surface area contributed by atoms with Gasteiger partial charge in [-0.2, -0.15) is 0 Å². The number of nitrogens with zero attached hydrogens (tertiary/aromatic N) is 3. The van der Waals surface area contributed by atoms with Crippen LogP contribution in [0.2, 0.25) is 10.0 Å². The Kier molecular flexibility index (Phi) is 7.95. The molecule has 7 nitrogen and oxygen atoms in total.